The van der Waals surface area contributed by atoms with Crippen LogP contribution in [0.4, 0.5) is 0 Å². The van der Waals surface area contributed by atoms with Crippen LogP contribution >= 0.6 is 11.6 Å². The fourth-order valence-electron chi connectivity index (χ4n) is 2.10. The molecular formula is C14H17ClN2O2. The molecule has 19 heavy (non-hydrogen) atoms. The zero-order valence-electron chi connectivity index (χ0n) is 11.3. The maximum absolute atomic E-state index is 11.7. The number of carbonyl (C=O) groups excluding carboxylic acids is 1. The lowest BCUT2D eigenvalue weighted by Gasteiger charge is -2.12. The summed E-state index contributed by atoms with van der Waals surface area (Å²) in [5.41, 5.74) is 1.69. The number of aromatic nitrogens is 2. The van der Waals surface area contributed by atoms with E-state index in [2.05, 4.69) is 5.10 Å². The van der Waals surface area contributed by atoms with Crippen LogP contribution in [-0.4, -0.2) is 22.4 Å². The van der Waals surface area contributed by atoms with Gasteiger partial charge in [-0.15, -0.1) is 0 Å². The molecule has 1 heterocycles. The lowest BCUT2D eigenvalue weighted by molar-refractivity contribution is -0.142. The third-order valence-electron chi connectivity index (χ3n) is 2.92. The quantitative estimate of drug-likeness (QED) is 0.807. The first-order valence-electron chi connectivity index (χ1n) is 6.34. The zero-order chi connectivity index (χ0) is 14.0. The molecule has 1 aromatic carbocycles. The van der Waals surface area contributed by atoms with Gasteiger partial charge in [-0.2, -0.15) is 5.10 Å². The van der Waals surface area contributed by atoms with Gasteiger partial charge in [0.05, 0.1) is 24.7 Å². The minimum absolute atomic E-state index is 0.169. The molecule has 5 heteroatoms. The largest absolute Gasteiger partial charge is 0.466 e. The molecule has 0 radical (unpaired) electrons. The number of hydrogen-bond acceptors (Lipinski definition) is 3. The SMILES string of the molecule is CCOC(=O)Cc1c(Cl)ccc2cnn(C(C)C)c12. The molecule has 0 bridgehead atoms. The van der Waals surface area contributed by atoms with Crippen LogP contribution in [0.5, 0.6) is 0 Å². The van der Waals surface area contributed by atoms with Crippen molar-refractivity contribution in [3.63, 3.8) is 0 Å². The summed E-state index contributed by atoms with van der Waals surface area (Å²) in [5.74, 6) is -0.270. The van der Waals surface area contributed by atoms with E-state index in [9.17, 15) is 4.79 Å². The zero-order valence-corrected chi connectivity index (χ0v) is 12.1. The minimum atomic E-state index is -0.270. The topological polar surface area (TPSA) is 44.1 Å². The average Bonchev–Trinajstić information content (AvgIpc) is 2.77. The summed E-state index contributed by atoms with van der Waals surface area (Å²) in [5, 5.41) is 5.91. The van der Waals surface area contributed by atoms with E-state index in [1.165, 1.54) is 0 Å². The molecule has 0 saturated heterocycles. The Balaban J connectivity index is 2.53. The third-order valence-corrected chi connectivity index (χ3v) is 3.28. The molecule has 0 atom stereocenters. The molecule has 0 aliphatic heterocycles. The molecule has 2 rings (SSSR count). The van der Waals surface area contributed by atoms with Crippen LogP contribution in [0.1, 0.15) is 32.4 Å². The van der Waals surface area contributed by atoms with Gasteiger partial charge in [0.2, 0.25) is 0 Å². The van der Waals surface area contributed by atoms with Crippen LogP contribution in [0.15, 0.2) is 18.3 Å². The smallest absolute Gasteiger partial charge is 0.310 e. The lowest BCUT2D eigenvalue weighted by atomic mass is 10.1. The van der Waals surface area contributed by atoms with Crippen molar-refractivity contribution in [2.24, 2.45) is 0 Å². The summed E-state index contributed by atoms with van der Waals surface area (Å²) in [7, 11) is 0. The van der Waals surface area contributed by atoms with Gasteiger partial charge in [0.15, 0.2) is 0 Å². The van der Waals surface area contributed by atoms with Crippen molar-refractivity contribution >= 4 is 28.5 Å². The van der Waals surface area contributed by atoms with E-state index in [0.29, 0.717) is 11.6 Å². The number of hydrogen-bond donors (Lipinski definition) is 0. The highest BCUT2D eigenvalue weighted by Crippen LogP contribution is 2.28. The Hall–Kier alpha value is -1.55. The first kappa shape index (κ1) is 13.9. The minimum Gasteiger partial charge on any atom is -0.466 e. The van der Waals surface area contributed by atoms with Crippen molar-refractivity contribution < 1.29 is 9.53 Å². The van der Waals surface area contributed by atoms with Crippen molar-refractivity contribution in [3.8, 4) is 0 Å². The van der Waals surface area contributed by atoms with E-state index in [1.54, 1.807) is 19.2 Å². The standard InChI is InChI=1S/C14H17ClN2O2/c1-4-19-13(18)7-11-12(15)6-5-10-8-16-17(9(2)3)14(10)11/h5-6,8-9H,4,7H2,1-3H3. The van der Waals surface area contributed by atoms with Gasteiger partial charge in [-0.05, 0) is 32.9 Å². The second-order valence-corrected chi connectivity index (χ2v) is 5.04. The summed E-state index contributed by atoms with van der Waals surface area (Å²) >= 11 is 6.23. The molecule has 0 fully saturated rings. The molecular weight excluding hydrogens is 264 g/mol. The summed E-state index contributed by atoms with van der Waals surface area (Å²) in [6.45, 7) is 6.25. The van der Waals surface area contributed by atoms with Crippen LogP contribution in [0.3, 0.4) is 0 Å². The molecule has 0 N–H and O–H groups in total. The van der Waals surface area contributed by atoms with Crippen molar-refractivity contribution in [1.82, 2.24) is 9.78 Å². The van der Waals surface area contributed by atoms with Crippen LogP contribution < -0.4 is 0 Å². The number of rotatable bonds is 4. The van der Waals surface area contributed by atoms with Crippen molar-refractivity contribution in [1.29, 1.82) is 0 Å². The molecule has 0 saturated carbocycles. The number of nitrogens with zero attached hydrogens (tertiary/aromatic N) is 2. The van der Waals surface area contributed by atoms with Crippen LogP contribution in [0.25, 0.3) is 10.9 Å². The number of carbonyl (C=O) groups is 1. The van der Waals surface area contributed by atoms with Crippen molar-refractivity contribution in [2.75, 3.05) is 6.61 Å². The first-order valence-corrected chi connectivity index (χ1v) is 6.72. The van der Waals surface area contributed by atoms with Gasteiger partial charge in [0.1, 0.15) is 0 Å². The maximum Gasteiger partial charge on any atom is 0.310 e. The number of fused-ring (bicyclic) bond motifs is 1. The normalized spacial score (nSPS) is 11.2. The van der Waals surface area contributed by atoms with Gasteiger partial charge < -0.3 is 4.74 Å². The summed E-state index contributed by atoms with van der Waals surface area (Å²) in [6.07, 6.45) is 1.96. The van der Waals surface area contributed by atoms with Crippen molar-refractivity contribution in [2.45, 2.75) is 33.2 Å². The first-order chi connectivity index (χ1) is 9.04. The molecule has 0 amide bonds. The highest BCUT2D eigenvalue weighted by atomic mass is 35.5. The number of ether oxygens (including phenoxy) is 1. The average molecular weight is 281 g/mol. The van der Waals surface area contributed by atoms with Gasteiger partial charge in [-0.3, -0.25) is 9.48 Å². The Labute approximate surface area is 117 Å². The van der Waals surface area contributed by atoms with E-state index in [-0.39, 0.29) is 18.4 Å². The molecule has 1 aromatic heterocycles. The summed E-state index contributed by atoms with van der Waals surface area (Å²) in [4.78, 5) is 11.7. The molecule has 0 aliphatic rings. The fraction of sp³-hybridized carbons (Fsp3) is 0.429. The van der Waals surface area contributed by atoms with E-state index >= 15 is 0 Å². The second kappa shape index (κ2) is 5.61. The van der Waals surface area contributed by atoms with Crippen molar-refractivity contribution in [3.05, 3.63) is 28.9 Å². The lowest BCUT2D eigenvalue weighted by Crippen LogP contribution is -2.11. The van der Waals surface area contributed by atoms with Gasteiger partial charge in [-0.1, -0.05) is 11.6 Å². The number of halogens is 1. The summed E-state index contributed by atoms with van der Waals surface area (Å²) in [6, 6.07) is 3.92. The van der Waals surface area contributed by atoms with Gasteiger partial charge in [0, 0.05) is 22.0 Å². The van der Waals surface area contributed by atoms with E-state index in [1.807, 2.05) is 24.6 Å². The predicted octanol–water partition coefficient (Wildman–Crippen LogP) is 3.38. The molecule has 0 unspecified atom stereocenters. The highest BCUT2D eigenvalue weighted by molar-refractivity contribution is 6.32. The maximum atomic E-state index is 11.7. The second-order valence-electron chi connectivity index (χ2n) is 4.63. The van der Waals surface area contributed by atoms with Gasteiger partial charge in [0.25, 0.3) is 0 Å². The number of esters is 1. The third kappa shape index (κ3) is 2.73. The molecule has 0 spiro atoms. The van der Waals surface area contributed by atoms with Crippen LogP contribution in [0.2, 0.25) is 5.02 Å². The van der Waals surface area contributed by atoms with Gasteiger partial charge in [-0.25, -0.2) is 0 Å². The van der Waals surface area contributed by atoms with E-state index in [4.69, 9.17) is 16.3 Å². The monoisotopic (exact) mass is 280 g/mol. The fourth-order valence-corrected chi connectivity index (χ4v) is 2.32. The Morgan fingerprint density at radius 3 is 2.84 bits per heavy atom. The van der Waals surface area contributed by atoms with Crippen LogP contribution in [0, 0.1) is 0 Å². The van der Waals surface area contributed by atoms with E-state index in [0.717, 1.165) is 16.5 Å². The molecule has 2 aromatic rings. The Bertz CT molecular complexity index is 605. The molecule has 0 aliphatic carbocycles. The molecule has 102 valence electrons. The predicted molar refractivity (Wildman–Crippen MR) is 75.5 cm³/mol. The Morgan fingerprint density at radius 2 is 2.21 bits per heavy atom. The molecule has 4 nitrogen and oxygen atoms in total. The van der Waals surface area contributed by atoms with Gasteiger partial charge >= 0.3 is 5.97 Å². The summed E-state index contributed by atoms with van der Waals surface area (Å²) < 4.78 is 6.88. The van der Waals surface area contributed by atoms with E-state index < -0.39 is 0 Å². The Morgan fingerprint density at radius 1 is 1.47 bits per heavy atom. The highest BCUT2D eigenvalue weighted by Gasteiger charge is 2.16. The van der Waals surface area contributed by atoms with Crippen LogP contribution in [-0.2, 0) is 16.0 Å². The number of benzene rings is 1. The Kier molecular flexibility index (Phi) is 4.10.